The monoisotopic (exact) mass is 207 g/mol. The van der Waals surface area contributed by atoms with Crippen LogP contribution in [0.15, 0.2) is 4.52 Å². The van der Waals surface area contributed by atoms with E-state index in [4.69, 9.17) is 4.52 Å². The summed E-state index contributed by atoms with van der Waals surface area (Å²) in [6.45, 7) is 2.13. The zero-order valence-electron chi connectivity index (χ0n) is 8.91. The van der Waals surface area contributed by atoms with E-state index in [-0.39, 0.29) is 0 Å². The fraction of sp³-hybridized carbons (Fsp3) is 0.818. The minimum Gasteiger partial charge on any atom is -0.339 e. The van der Waals surface area contributed by atoms with Crippen LogP contribution < -0.4 is 5.32 Å². The summed E-state index contributed by atoms with van der Waals surface area (Å²) in [5.41, 5.74) is 0. The summed E-state index contributed by atoms with van der Waals surface area (Å²) in [7, 11) is 0. The van der Waals surface area contributed by atoms with Gasteiger partial charge in [0.05, 0.1) is 0 Å². The quantitative estimate of drug-likeness (QED) is 0.803. The molecule has 1 N–H and O–H groups in total. The number of rotatable bonds is 2. The van der Waals surface area contributed by atoms with Crippen LogP contribution in [0.3, 0.4) is 0 Å². The van der Waals surface area contributed by atoms with Crippen molar-refractivity contribution in [2.75, 3.05) is 13.1 Å². The van der Waals surface area contributed by atoms with E-state index >= 15 is 0 Å². The smallest absolute Gasteiger partial charge is 0.229 e. The molecular formula is C11H17N3O. The Morgan fingerprint density at radius 3 is 2.67 bits per heavy atom. The van der Waals surface area contributed by atoms with Gasteiger partial charge in [0.2, 0.25) is 5.89 Å². The Bertz CT molecular complexity index is 326. The van der Waals surface area contributed by atoms with Gasteiger partial charge in [0, 0.05) is 18.4 Å². The third-order valence-corrected chi connectivity index (χ3v) is 3.57. The fourth-order valence-electron chi connectivity index (χ4n) is 2.31. The molecule has 1 aliphatic heterocycles. The molecule has 1 unspecified atom stereocenters. The molecule has 1 saturated carbocycles. The number of nitrogens with one attached hydrogen (secondary N) is 1. The third kappa shape index (κ3) is 1.78. The van der Waals surface area contributed by atoms with Crippen LogP contribution in [0.25, 0.3) is 0 Å². The Morgan fingerprint density at radius 2 is 2.00 bits per heavy atom. The molecule has 15 heavy (non-hydrogen) atoms. The van der Waals surface area contributed by atoms with Crippen molar-refractivity contribution >= 4 is 0 Å². The summed E-state index contributed by atoms with van der Waals surface area (Å²) in [5, 5.41) is 7.49. The largest absolute Gasteiger partial charge is 0.339 e. The molecule has 1 saturated heterocycles. The molecule has 0 spiro atoms. The summed E-state index contributed by atoms with van der Waals surface area (Å²) >= 11 is 0. The topological polar surface area (TPSA) is 51.0 Å². The van der Waals surface area contributed by atoms with Crippen LogP contribution in [-0.4, -0.2) is 23.2 Å². The zero-order valence-corrected chi connectivity index (χ0v) is 8.91. The van der Waals surface area contributed by atoms with Gasteiger partial charge < -0.3 is 9.84 Å². The maximum atomic E-state index is 5.33. The van der Waals surface area contributed by atoms with E-state index < -0.39 is 0 Å². The number of hydrogen-bond acceptors (Lipinski definition) is 4. The van der Waals surface area contributed by atoms with E-state index in [1.165, 1.54) is 32.1 Å². The normalized spacial score (nSPS) is 27.6. The first-order valence-electron chi connectivity index (χ1n) is 5.97. The first-order chi connectivity index (χ1) is 7.43. The molecule has 82 valence electrons. The lowest BCUT2D eigenvalue weighted by molar-refractivity contribution is 0.289. The predicted molar refractivity (Wildman–Crippen MR) is 55.7 cm³/mol. The van der Waals surface area contributed by atoms with Crippen molar-refractivity contribution in [3.8, 4) is 0 Å². The third-order valence-electron chi connectivity index (χ3n) is 3.57. The van der Waals surface area contributed by atoms with Crippen LogP contribution in [0.4, 0.5) is 0 Å². The van der Waals surface area contributed by atoms with Crippen molar-refractivity contribution in [1.29, 1.82) is 0 Å². The molecule has 4 heteroatoms. The molecule has 2 fully saturated rings. The first kappa shape index (κ1) is 9.33. The molecule has 3 rings (SSSR count). The lowest BCUT2D eigenvalue weighted by Crippen LogP contribution is -2.29. The van der Waals surface area contributed by atoms with Gasteiger partial charge in [0.25, 0.3) is 0 Å². The highest BCUT2D eigenvalue weighted by atomic mass is 16.5. The first-order valence-corrected chi connectivity index (χ1v) is 5.97. The lowest BCUT2D eigenvalue weighted by atomic mass is 9.85. The Hall–Kier alpha value is -0.900. The summed E-state index contributed by atoms with van der Waals surface area (Å²) < 4.78 is 5.33. The van der Waals surface area contributed by atoms with Crippen molar-refractivity contribution in [1.82, 2.24) is 15.5 Å². The average molecular weight is 207 g/mol. The van der Waals surface area contributed by atoms with Crippen LogP contribution in [0.2, 0.25) is 0 Å². The molecule has 1 aliphatic carbocycles. The van der Waals surface area contributed by atoms with Crippen LogP contribution in [0, 0.1) is 0 Å². The maximum Gasteiger partial charge on any atom is 0.229 e. The van der Waals surface area contributed by atoms with Gasteiger partial charge in [-0.15, -0.1) is 0 Å². The Labute approximate surface area is 89.4 Å². The second-order valence-corrected chi connectivity index (χ2v) is 4.66. The summed E-state index contributed by atoms with van der Waals surface area (Å²) in [4.78, 5) is 4.54. The van der Waals surface area contributed by atoms with Gasteiger partial charge in [-0.25, -0.2) is 0 Å². The second-order valence-electron chi connectivity index (χ2n) is 4.66. The molecule has 0 aromatic carbocycles. The van der Waals surface area contributed by atoms with Crippen molar-refractivity contribution in [2.45, 2.75) is 43.9 Å². The van der Waals surface area contributed by atoms with Gasteiger partial charge in [0.1, 0.15) is 0 Å². The van der Waals surface area contributed by atoms with Crippen LogP contribution in [-0.2, 0) is 0 Å². The average Bonchev–Trinajstić information content (AvgIpc) is 2.66. The van der Waals surface area contributed by atoms with Crippen molar-refractivity contribution in [3.05, 3.63) is 11.7 Å². The Balaban J connectivity index is 1.71. The van der Waals surface area contributed by atoms with Crippen molar-refractivity contribution in [3.63, 3.8) is 0 Å². The second kappa shape index (κ2) is 3.93. The number of aromatic nitrogens is 2. The van der Waals surface area contributed by atoms with Gasteiger partial charge in [0.15, 0.2) is 5.82 Å². The Kier molecular flexibility index (Phi) is 2.44. The van der Waals surface area contributed by atoms with Crippen molar-refractivity contribution < 1.29 is 4.52 Å². The standard InChI is InChI=1S/C11H17N3O/c1-3-8(4-1)11-13-10(14-15-11)9-5-2-6-12-7-9/h8-9,12H,1-7H2. The molecule has 2 heterocycles. The zero-order chi connectivity index (χ0) is 10.1. The van der Waals surface area contributed by atoms with Crippen LogP contribution >= 0.6 is 0 Å². The molecule has 1 aromatic heterocycles. The minimum atomic E-state index is 0.469. The highest BCUT2D eigenvalue weighted by Gasteiger charge is 2.27. The van der Waals surface area contributed by atoms with Crippen molar-refractivity contribution in [2.24, 2.45) is 0 Å². The highest BCUT2D eigenvalue weighted by molar-refractivity contribution is 5.03. The van der Waals surface area contributed by atoms with E-state index in [1.807, 2.05) is 0 Å². The van der Waals surface area contributed by atoms with Gasteiger partial charge in [-0.1, -0.05) is 11.6 Å². The van der Waals surface area contributed by atoms with Crippen LogP contribution in [0.5, 0.6) is 0 Å². The summed E-state index contributed by atoms with van der Waals surface area (Å²) in [5.74, 6) is 2.82. The van der Waals surface area contributed by atoms with E-state index in [2.05, 4.69) is 15.5 Å². The molecule has 0 amide bonds. The molecule has 4 nitrogen and oxygen atoms in total. The van der Waals surface area contributed by atoms with E-state index in [0.717, 1.165) is 24.8 Å². The summed E-state index contributed by atoms with van der Waals surface area (Å²) in [6.07, 6.45) is 6.18. The van der Waals surface area contributed by atoms with Gasteiger partial charge in [-0.05, 0) is 32.2 Å². The van der Waals surface area contributed by atoms with Gasteiger partial charge in [-0.2, -0.15) is 4.98 Å². The SMILES string of the molecule is C1CNCC(c2noc(C3CCC3)n2)C1. The predicted octanol–water partition coefficient (Wildman–Crippen LogP) is 1.80. The number of hydrogen-bond donors (Lipinski definition) is 1. The Morgan fingerprint density at radius 1 is 1.13 bits per heavy atom. The molecule has 1 atom stereocenters. The highest BCUT2D eigenvalue weighted by Crippen LogP contribution is 2.35. The number of nitrogens with zero attached hydrogens (tertiary/aromatic N) is 2. The minimum absolute atomic E-state index is 0.469. The molecule has 0 radical (unpaired) electrons. The number of piperidine rings is 1. The van der Waals surface area contributed by atoms with Crippen LogP contribution in [0.1, 0.15) is 55.7 Å². The molecule has 0 bridgehead atoms. The molecular weight excluding hydrogens is 190 g/mol. The molecule has 2 aliphatic rings. The summed E-state index contributed by atoms with van der Waals surface area (Å²) in [6, 6.07) is 0. The van der Waals surface area contributed by atoms with E-state index in [9.17, 15) is 0 Å². The van der Waals surface area contributed by atoms with Gasteiger partial charge >= 0.3 is 0 Å². The lowest BCUT2D eigenvalue weighted by Gasteiger charge is -2.21. The van der Waals surface area contributed by atoms with E-state index in [0.29, 0.717) is 11.8 Å². The van der Waals surface area contributed by atoms with Gasteiger partial charge in [-0.3, -0.25) is 0 Å². The fourth-order valence-corrected chi connectivity index (χ4v) is 2.31. The maximum absolute atomic E-state index is 5.33. The molecule has 1 aromatic rings. The van der Waals surface area contributed by atoms with E-state index in [1.54, 1.807) is 0 Å².